The Balaban J connectivity index is 3.39. The number of ether oxygens (including phenoxy) is 1. The van der Waals surface area contributed by atoms with Crippen molar-refractivity contribution >= 4 is 13.5 Å². The summed E-state index contributed by atoms with van der Waals surface area (Å²) in [7, 11) is 0.576. The SMILES string of the molecule is C=C(C)OC(=O)NBC. The first kappa shape index (κ1) is 8.07. The monoisotopic (exact) mass is 127 g/mol. The molecular formula is C5H10BNO2. The highest BCUT2D eigenvalue weighted by Crippen LogP contribution is 1.88. The van der Waals surface area contributed by atoms with Crippen LogP contribution >= 0.6 is 0 Å². The lowest BCUT2D eigenvalue weighted by atomic mass is 10.0. The van der Waals surface area contributed by atoms with Gasteiger partial charge < -0.3 is 9.96 Å². The zero-order valence-corrected chi connectivity index (χ0v) is 5.73. The van der Waals surface area contributed by atoms with Crippen LogP contribution in [0, 0.1) is 0 Å². The van der Waals surface area contributed by atoms with Crippen molar-refractivity contribution in [2.45, 2.75) is 13.7 Å². The zero-order valence-electron chi connectivity index (χ0n) is 5.73. The van der Waals surface area contributed by atoms with Crippen LogP contribution < -0.4 is 5.23 Å². The molecule has 0 aromatic heterocycles. The van der Waals surface area contributed by atoms with E-state index < -0.39 is 6.09 Å². The van der Waals surface area contributed by atoms with Gasteiger partial charge in [0.1, 0.15) is 0 Å². The van der Waals surface area contributed by atoms with E-state index in [4.69, 9.17) is 0 Å². The average Bonchev–Trinajstić information content (AvgIpc) is 1.63. The summed E-state index contributed by atoms with van der Waals surface area (Å²) in [5.41, 5.74) is 0. The lowest BCUT2D eigenvalue weighted by molar-refractivity contribution is 0.183. The van der Waals surface area contributed by atoms with Crippen LogP contribution in [0.25, 0.3) is 0 Å². The van der Waals surface area contributed by atoms with Crippen LogP contribution in [0.15, 0.2) is 12.3 Å². The average molecular weight is 127 g/mol. The van der Waals surface area contributed by atoms with Crippen LogP contribution in [0.2, 0.25) is 6.82 Å². The Bertz CT molecular complexity index is 124. The highest BCUT2D eigenvalue weighted by molar-refractivity contribution is 6.34. The Morgan fingerprint density at radius 2 is 2.33 bits per heavy atom. The van der Waals surface area contributed by atoms with Crippen LogP contribution in [0.5, 0.6) is 0 Å². The third kappa shape index (κ3) is 4.94. The van der Waals surface area contributed by atoms with Crippen molar-refractivity contribution in [1.82, 2.24) is 5.23 Å². The van der Waals surface area contributed by atoms with Crippen molar-refractivity contribution in [2.75, 3.05) is 0 Å². The third-order valence-corrected chi connectivity index (χ3v) is 0.588. The number of hydrogen-bond acceptors (Lipinski definition) is 2. The van der Waals surface area contributed by atoms with Gasteiger partial charge in [-0.15, -0.1) is 0 Å². The summed E-state index contributed by atoms with van der Waals surface area (Å²) >= 11 is 0. The second-order valence-corrected chi connectivity index (χ2v) is 1.62. The largest absolute Gasteiger partial charge is 0.417 e. The van der Waals surface area contributed by atoms with Crippen molar-refractivity contribution < 1.29 is 9.53 Å². The Hall–Kier alpha value is -0.925. The molecule has 50 valence electrons. The van der Waals surface area contributed by atoms with Crippen LogP contribution in [0.1, 0.15) is 6.92 Å². The first-order chi connectivity index (χ1) is 4.16. The van der Waals surface area contributed by atoms with E-state index in [1.165, 1.54) is 0 Å². The third-order valence-electron chi connectivity index (χ3n) is 0.588. The number of allylic oxidation sites excluding steroid dienone is 1. The van der Waals surface area contributed by atoms with Crippen LogP contribution in [0.3, 0.4) is 0 Å². The molecule has 0 radical (unpaired) electrons. The summed E-state index contributed by atoms with van der Waals surface area (Å²) in [5, 5.41) is 2.45. The molecule has 0 bridgehead atoms. The molecule has 0 aliphatic carbocycles. The molecule has 0 heterocycles. The molecule has 0 aromatic carbocycles. The normalized spacial score (nSPS) is 7.78. The summed E-state index contributed by atoms with van der Waals surface area (Å²) in [6.07, 6.45) is -0.440. The van der Waals surface area contributed by atoms with E-state index in [-0.39, 0.29) is 0 Å². The Morgan fingerprint density at radius 3 is 2.67 bits per heavy atom. The van der Waals surface area contributed by atoms with E-state index in [1.807, 2.05) is 6.82 Å². The Kier molecular flexibility index (Phi) is 3.59. The van der Waals surface area contributed by atoms with E-state index in [0.29, 0.717) is 13.2 Å². The number of carbonyl (C=O) groups excluding carboxylic acids is 1. The summed E-state index contributed by atoms with van der Waals surface area (Å²) in [6.45, 7) is 6.83. The molecule has 0 fully saturated rings. The van der Waals surface area contributed by atoms with E-state index in [2.05, 4.69) is 16.5 Å². The molecular weight excluding hydrogens is 117 g/mol. The van der Waals surface area contributed by atoms with Gasteiger partial charge in [0, 0.05) is 0 Å². The number of amides is 1. The molecule has 0 spiro atoms. The van der Waals surface area contributed by atoms with E-state index in [9.17, 15) is 4.79 Å². The maximum atomic E-state index is 10.5. The fourth-order valence-corrected chi connectivity index (χ4v) is 0.339. The van der Waals surface area contributed by atoms with Gasteiger partial charge in [-0.1, -0.05) is 13.4 Å². The maximum absolute atomic E-state index is 10.5. The van der Waals surface area contributed by atoms with Gasteiger partial charge in [0.05, 0.1) is 5.76 Å². The summed E-state index contributed by atoms with van der Waals surface area (Å²) in [5.74, 6) is 0.404. The van der Waals surface area contributed by atoms with Gasteiger partial charge in [0.2, 0.25) is 7.41 Å². The van der Waals surface area contributed by atoms with Gasteiger partial charge in [0.15, 0.2) is 0 Å². The van der Waals surface area contributed by atoms with Crippen molar-refractivity contribution in [3.8, 4) is 0 Å². The Morgan fingerprint density at radius 1 is 1.78 bits per heavy atom. The minimum Gasteiger partial charge on any atom is -0.417 e. The van der Waals surface area contributed by atoms with E-state index in [1.54, 1.807) is 6.92 Å². The van der Waals surface area contributed by atoms with E-state index in [0.717, 1.165) is 0 Å². The van der Waals surface area contributed by atoms with Crippen molar-refractivity contribution in [1.29, 1.82) is 0 Å². The van der Waals surface area contributed by atoms with Crippen LogP contribution in [-0.2, 0) is 4.74 Å². The first-order valence-corrected chi connectivity index (χ1v) is 2.78. The molecule has 0 atom stereocenters. The fourth-order valence-electron chi connectivity index (χ4n) is 0.339. The van der Waals surface area contributed by atoms with Gasteiger partial charge in [0.25, 0.3) is 0 Å². The highest BCUT2D eigenvalue weighted by Gasteiger charge is 1.97. The minimum absolute atomic E-state index is 0.404. The van der Waals surface area contributed by atoms with Gasteiger partial charge >= 0.3 is 6.09 Å². The second kappa shape index (κ2) is 4.00. The highest BCUT2D eigenvalue weighted by atomic mass is 16.6. The van der Waals surface area contributed by atoms with Crippen molar-refractivity contribution in [3.63, 3.8) is 0 Å². The molecule has 0 aliphatic heterocycles. The number of nitrogens with one attached hydrogen (secondary N) is 1. The quantitative estimate of drug-likeness (QED) is 0.436. The number of carbonyl (C=O) groups is 1. The smallest absolute Gasteiger partial charge is 0.399 e. The standard InChI is InChI=1S/C5H10BNO2/c1-4(2)9-5(8)7-6-3/h6H,1H2,2-3H3,(H,7,8). The number of hydrogen-bond donors (Lipinski definition) is 1. The summed E-state index contributed by atoms with van der Waals surface area (Å²) < 4.78 is 4.55. The molecule has 3 nitrogen and oxygen atoms in total. The van der Waals surface area contributed by atoms with Crippen LogP contribution in [-0.4, -0.2) is 13.5 Å². The first-order valence-electron chi connectivity index (χ1n) is 2.78. The zero-order chi connectivity index (χ0) is 7.28. The lowest BCUT2D eigenvalue weighted by Gasteiger charge is -2.00. The molecule has 9 heavy (non-hydrogen) atoms. The minimum atomic E-state index is -0.440. The predicted octanol–water partition coefficient (Wildman–Crippen LogP) is 0.646. The maximum Gasteiger partial charge on any atom is 0.399 e. The molecule has 0 unspecified atom stereocenters. The number of rotatable bonds is 2. The van der Waals surface area contributed by atoms with Crippen LogP contribution in [0.4, 0.5) is 4.79 Å². The molecule has 1 amide bonds. The second-order valence-electron chi connectivity index (χ2n) is 1.62. The van der Waals surface area contributed by atoms with Crippen molar-refractivity contribution in [2.24, 2.45) is 0 Å². The Labute approximate surface area is 55.3 Å². The van der Waals surface area contributed by atoms with Crippen molar-refractivity contribution in [3.05, 3.63) is 12.3 Å². The molecule has 0 aromatic rings. The molecule has 0 saturated carbocycles. The summed E-state index contributed by atoms with van der Waals surface area (Å²) in [6, 6.07) is 0. The molecule has 0 saturated heterocycles. The summed E-state index contributed by atoms with van der Waals surface area (Å²) in [4.78, 5) is 10.5. The van der Waals surface area contributed by atoms with E-state index >= 15 is 0 Å². The van der Waals surface area contributed by atoms with Gasteiger partial charge in [-0.3, -0.25) is 0 Å². The molecule has 0 aliphatic rings. The van der Waals surface area contributed by atoms with Gasteiger partial charge in [-0.25, -0.2) is 4.79 Å². The van der Waals surface area contributed by atoms with Gasteiger partial charge in [-0.05, 0) is 6.92 Å². The lowest BCUT2D eigenvalue weighted by Crippen LogP contribution is -2.25. The molecule has 1 N–H and O–H groups in total. The molecule has 4 heteroatoms. The topological polar surface area (TPSA) is 38.3 Å². The fraction of sp³-hybridized carbons (Fsp3) is 0.400. The van der Waals surface area contributed by atoms with Gasteiger partial charge in [-0.2, -0.15) is 0 Å². The predicted molar refractivity (Wildman–Crippen MR) is 37.4 cm³/mol. The molecule has 0 rings (SSSR count).